The summed E-state index contributed by atoms with van der Waals surface area (Å²) in [5.74, 6) is -1.87. The number of alkyl halides is 4. The first kappa shape index (κ1) is 13.9. The summed E-state index contributed by atoms with van der Waals surface area (Å²) < 4.78 is 56.4. The molecule has 0 aliphatic rings. The fourth-order valence-corrected chi connectivity index (χ4v) is 1.19. The van der Waals surface area contributed by atoms with E-state index in [1.165, 1.54) is 0 Å². The molecule has 0 fully saturated rings. The zero-order chi connectivity index (χ0) is 13.9. The largest absolute Gasteiger partial charge is 0.573 e. The van der Waals surface area contributed by atoms with Crippen molar-refractivity contribution in [1.82, 2.24) is 4.98 Å². The minimum absolute atomic E-state index is 0.420. The molecule has 10 heteroatoms. The number of rotatable bonds is 4. The van der Waals surface area contributed by atoms with Gasteiger partial charge in [0.2, 0.25) is 11.5 Å². The first-order valence-corrected chi connectivity index (χ1v) is 4.32. The molecule has 0 aromatic carbocycles. The van der Waals surface area contributed by atoms with E-state index < -0.39 is 40.8 Å². The molecule has 0 aliphatic carbocycles. The van der Waals surface area contributed by atoms with Crippen LogP contribution in [-0.4, -0.2) is 23.4 Å². The maximum atomic E-state index is 12.5. The van der Waals surface area contributed by atoms with Crippen molar-refractivity contribution < 1.29 is 32.0 Å². The highest BCUT2D eigenvalue weighted by Gasteiger charge is 2.37. The van der Waals surface area contributed by atoms with Crippen molar-refractivity contribution in [3.05, 3.63) is 22.0 Å². The normalized spacial score (nSPS) is 11.2. The zero-order valence-electron chi connectivity index (χ0n) is 8.82. The maximum absolute atomic E-state index is 12.5. The molecule has 1 aromatic rings. The molecule has 6 nitrogen and oxygen atoms in total. The van der Waals surface area contributed by atoms with Crippen molar-refractivity contribution >= 4 is 5.69 Å². The Labute approximate surface area is 97.3 Å². The Morgan fingerprint density at radius 1 is 1.50 bits per heavy atom. The second kappa shape index (κ2) is 5.02. The van der Waals surface area contributed by atoms with Crippen molar-refractivity contribution in [3.63, 3.8) is 0 Å². The van der Waals surface area contributed by atoms with E-state index >= 15 is 0 Å². The van der Waals surface area contributed by atoms with Gasteiger partial charge >= 0.3 is 12.0 Å². The highest BCUT2D eigenvalue weighted by Crippen LogP contribution is 2.40. The second-order valence-corrected chi connectivity index (χ2v) is 2.89. The fourth-order valence-electron chi connectivity index (χ4n) is 1.19. The van der Waals surface area contributed by atoms with Crippen LogP contribution in [0.4, 0.5) is 23.2 Å². The molecule has 0 radical (unpaired) electrons. The van der Waals surface area contributed by atoms with Gasteiger partial charge in [-0.2, -0.15) is 0 Å². The topological polar surface area (TPSA) is 74.5 Å². The Kier molecular flexibility index (Phi) is 3.89. The average molecular weight is 270 g/mol. The summed E-state index contributed by atoms with van der Waals surface area (Å²) in [5, 5.41) is 10.7. The summed E-state index contributed by atoms with van der Waals surface area (Å²) in [4.78, 5) is 12.8. The van der Waals surface area contributed by atoms with Gasteiger partial charge in [-0.1, -0.05) is 0 Å². The van der Waals surface area contributed by atoms with E-state index in [1.807, 2.05) is 0 Å². The quantitative estimate of drug-likeness (QED) is 0.477. The lowest BCUT2D eigenvalue weighted by Gasteiger charge is -2.11. The molecule has 0 aliphatic heterocycles. The van der Waals surface area contributed by atoms with Crippen molar-refractivity contribution in [2.24, 2.45) is 0 Å². The van der Waals surface area contributed by atoms with E-state index in [0.717, 1.165) is 7.11 Å². The van der Waals surface area contributed by atoms with Gasteiger partial charge in [0.25, 0.3) is 0 Å². The van der Waals surface area contributed by atoms with E-state index in [4.69, 9.17) is 0 Å². The summed E-state index contributed by atoms with van der Waals surface area (Å²) in [7, 11) is 0.945. The lowest BCUT2D eigenvalue weighted by Crippen LogP contribution is -2.18. The van der Waals surface area contributed by atoms with E-state index in [2.05, 4.69) is 14.5 Å². The van der Waals surface area contributed by atoms with Crippen LogP contribution in [0.1, 0.15) is 5.69 Å². The SMILES string of the molecule is COc1c(CF)ncc(OC(F)(F)F)c1[N+](=O)[O-]. The Balaban J connectivity index is 3.39. The number of ether oxygens (including phenoxy) is 2. The molecule has 1 heterocycles. The van der Waals surface area contributed by atoms with Gasteiger partial charge in [0.1, 0.15) is 12.4 Å². The third-order valence-electron chi connectivity index (χ3n) is 1.79. The summed E-state index contributed by atoms with van der Waals surface area (Å²) in [6.45, 7) is -1.23. The summed E-state index contributed by atoms with van der Waals surface area (Å²) in [6, 6.07) is 0. The predicted molar refractivity (Wildman–Crippen MR) is 48.9 cm³/mol. The van der Waals surface area contributed by atoms with Crippen molar-refractivity contribution in [2.45, 2.75) is 13.0 Å². The number of aromatic nitrogens is 1. The lowest BCUT2D eigenvalue weighted by atomic mass is 10.3. The average Bonchev–Trinajstić information content (AvgIpc) is 2.25. The molecule has 0 saturated carbocycles. The van der Waals surface area contributed by atoms with Gasteiger partial charge in [0.15, 0.2) is 0 Å². The zero-order valence-corrected chi connectivity index (χ0v) is 8.82. The highest BCUT2D eigenvalue weighted by atomic mass is 19.4. The lowest BCUT2D eigenvalue weighted by molar-refractivity contribution is -0.389. The number of halogens is 4. The number of nitrogens with zero attached hydrogens (tertiary/aromatic N) is 2. The van der Waals surface area contributed by atoms with Crippen LogP contribution >= 0.6 is 0 Å². The first-order valence-electron chi connectivity index (χ1n) is 4.32. The minimum atomic E-state index is -5.13. The molecule has 0 spiro atoms. The Hall–Kier alpha value is -2.13. The van der Waals surface area contributed by atoms with Crippen molar-refractivity contribution in [3.8, 4) is 11.5 Å². The number of pyridine rings is 1. The van der Waals surface area contributed by atoms with Gasteiger partial charge in [-0.3, -0.25) is 15.1 Å². The van der Waals surface area contributed by atoms with Crippen LogP contribution in [0.2, 0.25) is 0 Å². The maximum Gasteiger partial charge on any atom is 0.573 e. The second-order valence-electron chi connectivity index (χ2n) is 2.89. The van der Waals surface area contributed by atoms with Crippen LogP contribution in [0.3, 0.4) is 0 Å². The number of nitro groups is 1. The Bertz CT molecular complexity index is 463. The van der Waals surface area contributed by atoms with Gasteiger partial charge in [-0.15, -0.1) is 13.2 Å². The van der Waals surface area contributed by atoms with Gasteiger partial charge in [0, 0.05) is 0 Å². The molecule has 0 bridgehead atoms. The fraction of sp³-hybridized carbons (Fsp3) is 0.375. The van der Waals surface area contributed by atoms with E-state index in [9.17, 15) is 27.7 Å². The van der Waals surface area contributed by atoms with Crippen LogP contribution in [0.5, 0.6) is 11.5 Å². The van der Waals surface area contributed by atoms with E-state index in [0.29, 0.717) is 6.20 Å². The van der Waals surface area contributed by atoms with Gasteiger partial charge in [-0.25, -0.2) is 4.39 Å². The molecule has 100 valence electrons. The third-order valence-corrected chi connectivity index (χ3v) is 1.79. The molecule has 0 amide bonds. The summed E-state index contributed by atoms with van der Waals surface area (Å²) in [6.07, 6.45) is -4.71. The third kappa shape index (κ3) is 2.96. The number of methoxy groups -OCH3 is 1. The van der Waals surface area contributed by atoms with Crippen LogP contribution in [-0.2, 0) is 6.67 Å². The smallest absolute Gasteiger partial charge is 0.489 e. The molecule has 1 rings (SSSR count). The standard InChI is InChI=1S/C8H6F4N2O4/c1-17-7-4(2-9)13-3-5(6(7)14(15)16)18-8(10,11)12/h3H,2H2,1H3. The van der Waals surface area contributed by atoms with Crippen molar-refractivity contribution in [1.29, 1.82) is 0 Å². The molecular weight excluding hydrogens is 264 g/mol. The van der Waals surface area contributed by atoms with Gasteiger partial charge < -0.3 is 9.47 Å². The predicted octanol–water partition coefficient (Wildman–Crippen LogP) is 2.37. The number of hydrogen-bond donors (Lipinski definition) is 0. The molecule has 1 aromatic heterocycles. The number of hydrogen-bond acceptors (Lipinski definition) is 5. The van der Waals surface area contributed by atoms with Crippen molar-refractivity contribution in [2.75, 3.05) is 7.11 Å². The minimum Gasteiger partial charge on any atom is -0.489 e. The highest BCUT2D eigenvalue weighted by molar-refractivity contribution is 5.58. The molecule has 0 N–H and O–H groups in total. The molecule has 18 heavy (non-hydrogen) atoms. The Morgan fingerprint density at radius 3 is 2.50 bits per heavy atom. The van der Waals surface area contributed by atoms with Crippen LogP contribution < -0.4 is 9.47 Å². The summed E-state index contributed by atoms with van der Waals surface area (Å²) in [5.41, 5.74) is -1.61. The Morgan fingerprint density at radius 2 is 2.11 bits per heavy atom. The molecular formula is C8H6F4N2O4. The monoisotopic (exact) mass is 270 g/mol. The first-order chi connectivity index (χ1) is 8.30. The summed E-state index contributed by atoms with van der Waals surface area (Å²) >= 11 is 0. The van der Waals surface area contributed by atoms with E-state index in [-0.39, 0.29) is 0 Å². The van der Waals surface area contributed by atoms with Gasteiger partial charge in [-0.05, 0) is 0 Å². The molecule has 0 unspecified atom stereocenters. The van der Waals surface area contributed by atoms with Crippen LogP contribution in [0, 0.1) is 10.1 Å². The van der Waals surface area contributed by atoms with Gasteiger partial charge in [0.05, 0.1) is 18.2 Å². The van der Waals surface area contributed by atoms with E-state index in [1.54, 1.807) is 0 Å². The molecule has 0 atom stereocenters. The van der Waals surface area contributed by atoms with Crippen LogP contribution in [0.15, 0.2) is 6.20 Å². The molecule has 0 saturated heterocycles. The van der Waals surface area contributed by atoms with Crippen LogP contribution in [0.25, 0.3) is 0 Å².